The lowest BCUT2D eigenvalue weighted by Gasteiger charge is -2.18. The highest BCUT2D eigenvalue weighted by molar-refractivity contribution is 5.70. The van der Waals surface area contributed by atoms with E-state index in [1.165, 1.54) is 19.3 Å². The number of allylic oxidation sites excluding steroid dienone is 20. The molecule has 338 valence electrons. The maximum absolute atomic E-state index is 12.8. The molecule has 0 heterocycles. The highest BCUT2D eigenvalue weighted by atomic mass is 16.6. The average Bonchev–Trinajstić information content (AvgIpc) is 3.25. The van der Waals surface area contributed by atoms with Crippen LogP contribution < -0.4 is 0 Å². The normalized spacial score (nSPS) is 13.3. The van der Waals surface area contributed by atoms with E-state index in [1.807, 2.05) is 0 Å². The Balaban J connectivity index is 4.44. The molecular formula is C55H88O5. The van der Waals surface area contributed by atoms with Crippen LogP contribution in [0.15, 0.2) is 122 Å². The number of hydrogen-bond donors (Lipinski definition) is 0. The van der Waals surface area contributed by atoms with Gasteiger partial charge in [0.25, 0.3) is 0 Å². The van der Waals surface area contributed by atoms with E-state index < -0.39 is 6.10 Å². The van der Waals surface area contributed by atoms with Gasteiger partial charge in [-0.25, -0.2) is 0 Å². The topological polar surface area (TPSA) is 61.8 Å². The molecule has 0 aliphatic heterocycles. The van der Waals surface area contributed by atoms with Gasteiger partial charge in [0.15, 0.2) is 6.10 Å². The molecule has 0 spiro atoms. The van der Waals surface area contributed by atoms with Crippen LogP contribution in [0.2, 0.25) is 0 Å². The third-order valence-electron chi connectivity index (χ3n) is 9.44. The van der Waals surface area contributed by atoms with Crippen molar-refractivity contribution in [1.29, 1.82) is 0 Å². The van der Waals surface area contributed by atoms with Gasteiger partial charge in [-0.1, -0.05) is 181 Å². The summed E-state index contributed by atoms with van der Waals surface area (Å²) in [6.07, 6.45) is 69.2. The zero-order chi connectivity index (χ0) is 43.5. The third kappa shape index (κ3) is 47.0. The van der Waals surface area contributed by atoms with Crippen molar-refractivity contribution in [3.8, 4) is 0 Å². The summed E-state index contributed by atoms with van der Waals surface area (Å²) >= 11 is 0. The number of esters is 2. The molecule has 0 N–H and O–H groups in total. The lowest BCUT2D eigenvalue weighted by atomic mass is 10.1. The second kappa shape index (κ2) is 49.7. The molecule has 0 aromatic heterocycles. The molecule has 0 amide bonds. The molecule has 0 bridgehead atoms. The Morgan fingerprint density at radius 3 is 1.20 bits per heavy atom. The zero-order valence-corrected chi connectivity index (χ0v) is 38.7. The Morgan fingerprint density at radius 2 is 0.750 bits per heavy atom. The van der Waals surface area contributed by atoms with Crippen LogP contribution in [0.4, 0.5) is 0 Å². The number of unbranched alkanes of at least 4 members (excludes halogenated alkanes) is 11. The summed E-state index contributed by atoms with van der Waals surface area (Å²) in [6.45, 7) is 7.33. The molecule has 5 nitrogen and oxygen atoms in total. The van der Waals surface area contributed by atoms with E-state index >= 15 is 0 Å². The highest BCUT2D eigenvalue weighted by Gasteiger charge is 2.17. The van der Waals surface area contributed by atoms with E-state index in [-0.39, 0.29) is 25.2 Å². The van der Waals surface area contributed by atoms with Crippen LogP contribution >= 0.6 is 0 Å². The van der Waals surface area contributed by atoms with Gasteiger partial charge in [-0.15, -0.1) is 0 Å². The minimum atomic E-state index is -0.589. The summed E-state index contributed by atoms with van der Waals surface area (Å²) in [5.41, 5.74) is 0. The van der Waals surface area contributed by atoms with Gasteiger partial charge in [0.1, 0.15) is 6.61 Å². The first kappa shape index (κ1) is 56.3. The maximum Gasteiger partial charge on any atom is 0.306 e. The van der Waals surface area contributed by atoms with Gasteiger partial charge in [0.2, 0.25) is 0 Å². The molecule has 0 aliphatic carbocycles. The van der Waals surface area contributed by atoms with Gasteiger partial charge < -0.3 is 14.2 Å². The molecule has 0 radical (unpaired) electrons. The molecule has 60 heavy (non-hydrogen) atoms. The van der Waals surface area contributed by atoms with Crippen LogP contribution in [0.25, 0.3) is 0 Å². The van der Waals surface area contributed by atoms with Crippen molar-refractivity contribution in [2.75, 3.05) is 19.8 Å². The first-order valence-electron chi connectivity index (χ1n) is 24.1. The summed E-state index contributed by atoms with van der Waals surface area (Å²) in [5, 5.41) is 0. The molecule has 1 atom stereocenters. The fourth-order valence-corrected chi connectivity index (χ4v) is 5.95. The smallest absolute Gasteiger partial charge is 0.306 e. The first-order chi connectivity index (χ1) is 29.6. The minimum absolute atomic E-state index is 0.0369. The first-order valence-corrected chi connectivity index (χ1v) is 24.1. The van der Waals surface area contributed by atoms with E-state index in [4.69, 9.17) is 14.2 Å². The van der Waals surface area contributed by atoms with Crippen molar-refractivity contribution >= 4 is 11.9 Å². The predicted octanol–water partition coefficient (Wildman–Crippen LogP) is 16.2. The van der Waals surface area contributed by atoms with E-state index in [9.17, 15) is 9.59 Å². The molecule has 1 unspecified atom stereocenters. The van der Waals surface area contributed by atoms with Crippen molar-refractivity contribution in [2.45, 2.75) is 194 Å². The largest absolute Gasteiger partial charge is 0.462 e. The molecule has 0 saturated heterocycles. The van der Waals surface area contributed by atoms with Crippen molar-refractivity contribution < 1.29 is 23.8 Å². The van der Waals surface area contributed by atoms with E-state index in [2.05, 4.69) is 142 Å². The van der Waals surface area contributed by atoms with Crippen LogP contribution in [0.3, 0.4) is 0 Å². The quantitative estimate of drug-likeness (QED) is 0.0348. The van der Waals surface area contributed by atoms with Gasteiger partial charge in [0.05, 0.1) is 6.61 Å². The molecule has 5 heteroatoms. The Morgan fingerprint density at radius 1 is 0.383 bits per heavy atom. The van der Waals surface area contributed by atoms with Gasteiger partial charge in [0, 0.05) is 19.4 Å². The molecule has 0 fully saturated rings. The average molecular weight is 829 g/mol. The molecular weight excluding hydrogens is 741 g/mol. The second-order valence-corrected chi connectivity index (χ2v) is 15.2. The fraction of sp³-hybridized carbons (Fsp3) is 0.600. The van der Waals surface area contributed by atoms with Crippen LogP contribution in [-0.4, -0.2) is 37.9 Å². The van der Waals surface area contributed by atoms with Crippen LogP contribution in [0.1, 0.15) is 188 Å². The highest BCUT2D eigenvalue weighted by Crippen LogP contribution is 2.11. The number of ether oxygens (including phenoxy) is 3. The number of carbonyl (C=O) groups excluding carboxylic acids is 2. The predicted molar refractivity (Wildman–Crippen MR) is 260 cm³/mol. The summed E-state index contributed by atoms with van der Waals surface area (Å²) < 4.78 is 17.3. The van der Waals surface area contributed by atoms with Crippen molar-refractivity contribution in [3.63, 3.8) is 0 Å². The summed E-state index contributed by atoms with van der Waals surface area (Å²) in [7, 11) is 0. The van der Waals surface area contributed by atoms with Crippen molar-refractivity contribution in [1.82, 2.24) is 0 Å². The van der Waals surface area contributed by atoms with Gasteiger partial charge in [-0.05, 0) is 116 Å². The van der Waals surface area contributed by atoms with Crippen molar-refractivity contribution in [3.05, 3.63) is 122 Å². The SMILES string of the molecule is CC/C=C\C/C=C\C/C=C\C/C=C\CCCCCCC(=O)OCC(COCCC/C=C\C/C=C\C/C=C\C/C=C\CC)OC(=O)CCCCCCC/C=C\C/C=C\CCC. The monoisotopic (exact) mass is 829 g/mol. The number of carbonyl (C=O) groups is 2. The minimum Gasteiger partial charge on any atom is -0.462 e. The summed E-state index contributed by atoms with van der Waals surface area (Å²) in [6, 6.07) is 0. The summed E-state index contributed by atoms with van der Waals surface area (Å²) in [5.74, 6) is -0.482. The molecule has 0 aromatic rings. The van der Waals surface area contributed by atoms with Gasteiger partial charge in [-0.2, -0.15) is 0 Å². The molecule has 0 aliphatic rings. The van der Waals surface area contributed by atoms with Crippen LogP contribution in [0.5, 0.6) is 0 Å². The number of hydrogen-bond acceptors (Lipinski definition) is 5. The summed E-state index contributed by atoms with van der Waals surface area (Å²) in [4.78, 5) is 25.3. The standard InChI is InChI=1S/C55H88O5/c1-4-7-10-13-16-19-22-25-27-28-29-31-33-36-39-42-45-48-54(56)59-52-53(51-58-50-47-44-41-38-35-32-26-23-20-17-14-11-8-5-2)60-55(57)49-46-43-40-37-34-30-24-21-18-15-12-9-6-3/h7-8,10-12,15-17,19-21,24-27,29,31-32,38,41,53H,4-6,9,13-14,18,22-23,28,30,33-37,39-40,42-52H2,1-3H3/b10-7-,11-8-,15-12-,19-16-,20-17-,24-21-,27-25-,31-29-,32-26-,41-38-. The molecule has 0 saturated carbocycles. The Hall–Kier alpha value is -3.70. The lowest BCUT2D eigenvalue weighted by molar-refractivity contribution is -0.163. The third-order valence-corrected chi connectivity index (χ3v) is 9.44. The Bertz CT molecular complexity index is 1260. The van der Waals surface area contributed by atoms with E-state index in [0.717, 1.165) is 135 Å². The second-order valence-electron chi connectivity index (χ2n) is 15.2. The van der Waals surface area contributed by atoms with Gasteiger partial charge in [-0.3, -0.25) is 9.59 Å². The van der Waals surface area contributed by atoms with Gasteiger partial charge >= 0.3 is 11.9 Å². The van der Waals surface area contributed by atoms with Crippen LogP contribution in [0, 0.1) is 0 Å². The zero-order valence-electron chi connectivity index (χ0n) is 38.7. The Labute approximate surface area is 369 Å². The Kier molecular flexibility index (Phi) is 46.6. The number of rotatable bonds is 42. The molecule has 0 aromatic carbocycles. The maximum atomic E-state index is 12.8. The van der Waals surface area contributed by atoms with Crippen molar-refractivity contribution in [2.24, 2.45) is 0 Å². The lowest BCUT2D eigenvalue weighted by Crippen LogP contribution is -2.30. The van der Waals surface area contributed by atoms with E-state index in [0.29, 0.717) is 19.4 Å². The van der Waals surface area contributed by atoms with E-state index in [1.54, 1.807) is 0 Å². The fourth-order valence-electron chi connectivity index (χ4n) is 5.95. The molecule has 0 rings (SSSR count). The van der Waals surface area contributed by atoms with Crippen LogP contribution in [-0.2, 0) is 23.8 Å².